The van der Waals surface area contributed by atoms with Gasteiger partial charge in [-0.2, -0.15) is 0 Å². The van der Waals surface area contributed by atoms with Crippen molar-refractivity contribution in [2.24, 2.45) is 11.1 Å². The van der Waals surface area contributed by atoms with Gasteiger partial charge in [0.25, 0.3) is 5.91 Å². The molecule has 2 aromatic rings. The van der Waals surface area contributed by atoms with Crippen LogP contribution in [0.15, 0.2) is 59.5 Å². The first-order valence-electron chi connectivity index (χ1n) is 8.94. The number of amides is 2. The highest BCUT2D eigenvalue weighted by Gasteiger charge is 2.24. The van der Waals surface area contributed by atoms with Crippen molar-refractivity contribution in [1.82, 2.24) is 10.6 Å². The highest BCUT2D eigenvalue weighted by molar-refractivity contribution is 7.89. The predicted molar refractivity (Wildman–Crippen MR) is 107 cm³/mol. The zero-order chi connectivity index (χ0) is 20.7. The number of hydrogen-bond donors (Lipinski definition) is 3. The summed E-state index contributed by atoms with van der Waals surface area (Å²) in [7, 11) is -3.72. The fraction of sp³-hybridized carbons (Fsp3) is 0.300. The average Bonchev–Trinajstić information content (AvgIpc) is 2.66. The van der Waals surface area contributed by atoms with Gasteiger partial charge in [0.15, 0.2) is 0 Å². The van der Waals surface area contributed by atoms with Gasteiger partial charge in [0, 0.05) is 12.1 Å². The Hall–Kier alpha value is -2.71. The van der Waals surface area contributed by atoms with Gasteiger partial charge >= 0.3 is 0 Å². The van der Waals surface area contributed by atoms with Crippen LogP contribution in [0.3, 0.4) is 0 Å². The largest absolute Gasteiger partial charge is 0.354 e. The molecule has 0 radical (unpaired) electrons. The summed E-state index contributed by atoms with van der Waals surface area (Å²) in [6.07, 6.45) is 0.522. The van der Waals surface area contributed by atoms with Crippen LogP contribution in [0.2, 0.25) is 0 Å². The van der Waals surface area contributed by atoms with E-state index in [0.717, 1.165) is 5.56 Å². The maximum absolute atomic E-state index is 12.5. The molecule has 7 nitrogen and oxygen atoms in total. The van der Waals surface area contributed by atoms with E-state index in [-0.39, 0.29) is 22.6 Å². The summed E-state index contributed by atoms with van der Waals surface area (Å²) in [6, 6.07) is 14.3. The minimum atomic E-state index is -3.72. The molecule has 0 saturated heterocycles. The van der Waals surface area contributed by atoms with Crippen LogP contribution in [0, 0.1) is 5.92 Å². The van der Waals surface area contributed by atoms with Crippen LogP contribution in [-0.2, 0) is 21.2 Å². The molecule has 2 rings (SSSR count). The summed E-state index contributed by atoms with van der Waals surface area (Å²) in [5.74, 6) is -0.643. The Morgan fingerprint density at radius 1 is 1.00 bits per heavy atom. The number of primary sulfonamides is 1. The quantitative estimate of drug-likeness (QED) is 0.618. The maximum Gasteiger partial charge on any atom is 0.251 e. The number of nitrogens with two attached hydrogens (primary N) is 1. The molecule has 0 saturated carbocycles. The Morgan fingerprint density at radius 2 is 1.61 bits per heavy atom. The van der Waals surface area contributed by atoms with Crippen molar-refractivity contribution in [2.75, 3.05) is 6.54 Å². The van der Waals surface area contributed by atoms with E-state index in [1.54, 1.807) is 36.4 Å². The fourth-order valence-electron chi connectivity index (χ4n) is 2.63. The summed E-state index contributed by atoms with van der Waals surface area (Å²) in [5, 5.41) is 10.7. The van der Waals surface area contributed by atoms with Crippen molar-refractivity contribution in [1.29, 1.82) is 0 Å². The molecule has 0 bridgehead atoms. The van der Waals surface area contributed by atoms with Gasteiger partial charge in [-0.3, -0.25) is 9.59 Å². The molecular formula is C20H25N3O4S. The average molecular weight is 404 g/mol. The Balaban J connectivity index is 1.91. The molecular weight excluding hydrogens is 378 g/mol. The second-order valence-corrected chi connectivity index (χ2v) is 8.35. The number of rotatable bonds is 8. The zero-order valence-corrected chi connectivity index (χ0v) is 16.7. The van der Waals surface area contributed by atoms with Crippen molar-refractivity contribution < 1.29 is 18.0 Å². The first-order chi connectivity index (χ1) is 13.2. The summed E-state index contributed by atoms with van der Waals surface area (Å²) in [4.78, 5) is 24.9. The number of sulfonamides is 1. The molecule has 0 aliphatic rings. The van der Waals surface area contributed by atoms with E-state index in [1.807, 2.05) is 19.9 Å². The van der Waals surface area contributed by atoms with E-state index >= 15 is 0 Å². The van der Waals surface area contributed by atoms with Gasteiger partial charge < -0.3 is 10.6 Å². The Labute approximate surface area is 165 Å². The molecule has 2 amide bonds. The number of carbonyl (C=O) groups is 2. The molecule has 0 heterocycles. The second kappa shape index (κ2) is 9.48. The highest BCUT2D eigenvalue weighted by atomic mass is 32.2. The van der Waals surface area contributed by atoms with Gasteiger partial charge in [0.2, 0.25) is 15.9 Å². The smallest absolute Gasteiger partial charge is 0.251 e. The van der Waals surface area contributed by atoms with Crippen molar-refractivity contribution in [3.05, 3.63) is 65.7 Å². The minimum Gasteiger partial charge on any atom is -0.354 e. The van der Waals surface area contributed by atoms with Crippen LogP contribution >= 0.6 is 0 Å². The molecule has 0 fully saturated rings. The van der Waals surface area contributed by atoms with E-state index < -0.39 is 16.1 Å². The molecule has 1 unspecified atom stereocenters. The van der Waals surface area contributed by atoms with E-state index in [4.69, 9.17) is 5.14 Å². The number of hydrogen-bond acceptors (Lipinski definition) is 4. The first-order valence-corrected chi connectivity index (χ1v) is 10.5. The number of benzene rings is 2. The molecule has 150 valence electrons. The lowest BCUT2D eigenvalue weighted by Gasteiger charge is -2.21. The fourth-order valence-corrected chi connectivity index (χ4v) is 3.15. The van der Waals surface area contributed by atoms with Crippen LogP contribution in [0.25, 0.3) is 0 Å². The zero-order valence-electron chi connectivity index (χ0n) is 15.9. The van der Waals surface area contributed by atoms with Crippen molar-refractivity contribution >= 4 is 21.8 Å². The van der Waals surface area contributed by atoms with Crippen LogP contribution < -0.4 is 15.8 Å². The van der Waals surface area contributed by atoms with E-state index in [2.05, 4.69) is 10.6 Å². The van der Waals surface area contributed by atoms with Gasteiger partial charge in [0.1, 0.15) is 6.04 Å². The third kappa shape index (κ3) is 6.17. The lowest BCUT2D eigenvalue weighted by atomic mass is 10.0. The van der Waals surface area contributed by atoms with E-state index in [0.29, 0.717) is 18.5 Å². The maximum atomic E-state index is 12.5. The van der Waals surface area contributed by atoms with Crippen LogP contribution in [0.1, 0.15) is 29.8 Å². The van der Waals surface area contributed by atoms with Crippen LogP contribution in [0.4, 0.5) is 0 Å². The second-order valence-electron chi connectivity index (χ2n) is 6.79. The molecule has 4 N–H and O–H groups in total. The molecule has 28 heavy (non-hydrogen) atoms. The highest BCUT2D eigenvalue weighted by Crippen LogP contribution is 2.09. The third-order valence-electron chi connectivity index (χ3n) is 4.24. The Morgan fingerprint density at radius 3 is 2.14 bits per heavy atom. The van der Waals surface area contributed by atoms with Gasteiger partial charge in [-0.15, -0.1) is 0 Å². The number of nitrogens with one attached hydrogen (secondary N) is 2. The van der Waals surface area contributed by atoms with Gasteiger partial charge in [0.05, 0.1) is 4.90 Å². The topological polar surface area (TPSA) is 118 Å². The normalized spacial score (nSPS) is 12.4. The van der Waals surface area contributed by atoms with Crippen molar-refractivity contribution in [3.63, 3.8) is 0 Å². The Bertz CT molecular complexity index is 910. The van der Waals surface area contributed by atoms with Crippen molar-refractivity contribution in [2.45, 2.75) is 31.2 Å². The predicted octanol–water partition coefficient (Wildman–Crippen LogP) is 1.45. The molecule has 2 aromatic carbocycles. The summed E-state index contributed by atoms with van der Waals surface area (Å²) in [5.41, 5.74) is 1.36. The molecule has 8 heteroatoms. The first kappa shape index (κ1) is 21.6. The van der Waals surface area contributed by atoms with Crippen molar-refractivity contribution in [3.8, 4) is 0 Å². The third-order valence-corrected chi connectivity index (χ3v) is 5.17. The number of carbonyl (C=O) groups excluding carboxylic acids is 2. The van der Waals surface area contributed by atoms with Crippen LogP contribution in [0.5, 0.6) is 0 Å². The lowest BCUT2D eigenvalue weighted by Crippen LogP contribution is -2.50. The van der Waals surface area contributed by atoms with E-state index in [1.165, 1.54) is 12.1 Å². The molecule has 0 aliphatic carbocycles. The van der Waals surface area contributed by atoms with Gasteiger partial charge in [-0.05, 0) is 42.2 Å². The summed E-state index contributed by atoms with van der Waals surface area (Å²) in [6.45, 7) is 4.08. The lowest BCUT2D eigenvalue weighted by molar-refractivity contribution is -0.123. The molecule has 0 aliphatic heterocycles. The monoisotopic (exact) mass is 403 g/mol. The Kier molecular flexibility index (Phi) is 7.31. The standard InChI is InChI=1S/C20H25N3O4S/c1-14(2)18(23-19(24)16-6-4-3-5-7-16)20(25)22-13-12-15-8-10-17(11-9-15)28(21,26)27/h3-11,14,18H,12-13H2,1-2H3,(H,22,25)(H,23,24)(H2,21,26,27). The van der Waals surface area contributed by atoms with Gasteiger partial charge in [-0.1, -0.05) is 44.2 Å². The summed E-state index contributed by atoms with van der Waals surface area (Å²) < 4.78 is 22.5. The molecule has 1 atom stereocenters. The SMILES string of the molecule is CC(C)C(NC(=O)c1ccccc1)C(=O)NCCc1ccc(S(N)(=O)=O)cc1. The molecule has 0 aromatic heterocycles. The van der Waals surface area contributed by atoms with Crippen LogP contribution in [-0.4, -0.2) is 32.8 Å². The minimum absolute atomic E-state index is 0.0452. The summed E-state index contributed by atoms with van der Waals surface area (Å²) >= 11 is 0. The molecule has 0 spiro atoms. The van der Waals surface area contributed by atoms with E-state index in [9.17, 15) is 18.0 Å². The van der Waals surface area contributed by atoms with Gasteiger partial charge in [-0.25, -0.2) is 13.6 Å².